The van der Waals surface area contributed by atoms with E-state index < -0.39 is 0 Å². The number of nitrogens with one attached hydrogen (secondary N) is 2. The van der Waals surface area contributed by atoms with Gasteiger partial charge in [0.2, 0.25) is 11.8 Å². The van der Waals surface area contributed by atoms with Gasteiger partial charge in [0.25, 0.3) is 0 Å². The van der Waals surface area contributed by atoms with Gasteiger partial charge in [0.15, 0.2) is 0 Å². The van der Waals surface area contributed by atoms with E-state index in [2.05, 4.69) is 64.3 Å². The lowest BCUT2D eigenvalue weighted by atomic mass is 9.50. The van der Waals surface area contributed by atoms with Crippen LogP contribution in [0.15, 0.2) is 12.2 Å². The van der Waals surface area contributed by atoms with Gasteiger partial charge in [-0.1, -0.05) is 53.7 Å². The molecule has 9 unspecified atom stereocenters. The molecule has 0 spiro atoms. The van der Waals surface area contributed by atoms with Gasteiger partial charge in [0.1, 0.15) is 0 Å². The number of amides is 2. The first-order valence-electron chi connectivity index (χ1n) is 13.8. The quantitative estimate of drug-likeness (QED) is 0.520. The zero-order valence-corrected chi connectivity index (χ0v) is 22.0. The highest BCUT2D eigenvalue weighted by Gasteiger charge is 2.60. The van der Waals surface area contributed by atoms with Gasteiger partial charge in [-0.25, -0.2) is 0 Å². The van der Waals surface area contributed by atoms with Gasteiger partial charge < -0.3 is 10.6 Å². The van der Waals surface area contributed by atoms with E-state index in [9.17, 15) is 9.59 Å². The zero-order valence-electron chi connectivity index (χ0n) is 22.0. The third-order valence-electron chi connectivity index (χ3n) is 10.9. The normalized spacial score (nSPS) is 43.1. The van der Waals surface area contributed by atoms with Crippen LogP contribution in [0.25, 0.3) is 0 Å². The minimum Gasteiger partial charge on any atom is -0.354 e. The number of hydrogen-bond acceptors (Lipinski definition) is 2. The molecular weight excluding hydrogens is 408 g/mol. The van der Waals surface area contributed by atoms with Crippen molar-refractivity contribution in [3.63, 3.8) is 0 Å². The third kappa shape index (κ3) is 4.41. The second kappa shape index (κ2) is 9.38. The molecule has 4 fully saturated rings. The molecule has 186 valence electrons. The van der Waals surface area contributed by atoms with E-state index in [0.29, 0.717) is 66.2 Å². The molecule has 2 heterocycles. The van der Waals surface area contributed by atoms with Gasteiger partial charge >= 0.3 is 0 Å². The van der Waals surface area contributed by atoms with Gasteiger partial charge in [0.05, 0.1) is 6.04 Å². The highest BCUT2D eigenvalue weighted by Crippen LogP contribution is 2.65. The predicted octanol–water partition coefficient (Wildman–Crippen LogP) is 5.72. The standard InChI is InChI=1S/C29H48N2O2/c1-7-20(18(2)3)9-8-19(4)22-10-11-23-21-16-27(33)31-25-17-30-26(32)13-15-29(25,6)24(21)12-14-28(22,23)5/h8-9,18-25H,7,10-17H2,1-6H3,(H,30,32)(H,31,33)/b9-8+. The van der Waals surface area contributed by atoms with Gasteiger partial charge in [-0.15, -0.1) is 0 Å². The molecule has 2 amide bonds. The summed E-state index contributed by atoms with van der Waals surface area (Å²) < 4.78 is 0. The molecule has 33 heavy (non-hydrogen) atoms. The first-order valence-corrected chi connectivity index (χ1v) is 13.8. The van der Waals surface area contributed by atoms with Crippen molar-refractivity contribution >= 4 is 11.8 Å². The van der Waals surface area contributed by atoms with Crippen molar-refractivity contribution in [1.82, 2.24) is 10.6 Å². The number of rotatable bonds is 5. The highest BCUT2D eigenvalue weighted by molar-refractivity contribution is 5.79. The van der Waals surface area contributed by atoms with Crippen molar-refractivity contribution in [2.75, 3.05) is 6.54 Å². The van der Waals surface area contributed by atoms with Crippen LogP contribution in [0.3, 0.4) is 0 Å². The molecule has 4 heteroatoms. The Hall–Kier alpha value is -1.32. The molecule has 4 rings (SSSR count). The molecule has 0 radical (unpaired) electrons. The molecule has 0 aromatic carbocycles. The average molecular weight is 457 g/mol. The van der Waals surface area contributed by atoms with Crippen LogP contribution in [0, 0.1) is 52.3 Å². The van der Waals surface area contributed by atoms with E-state index in [4.69, 9.17) is 0 Å². The second-order valence-corrected chi connectivity index (χ2v) is 12.8. The summed E-state index contributed by atoms with van der Waals surface area (Å²) in [6.07, 6.45) is 13.4. The molecule has 2 saturated carbocycles. The van der Waals surface area contributed by atoms with Gasteiger partial charge in [-0.3, -0.25) is 9.59 Å². The first kappa shape index (κ1) is 24.8. The van der Waals surface area contributed by atoms with E-state index in [0.717, 1.165) is 6.42 Å². The van der Waals surface area contributed by atoms with Crippen LogP contribution < -0.4 is 10.6 Å². The van der Waals surface area contributed by atoms with E-state index >= 15 is 0 Å². The van der Waals surface area contributed by atoms with Crippen molar-refractivity contribution in [2.24, 2.45) is 52.3 Å². The highest BCUT2D eigenvalue weighted by atomic mass is 16.2. The minimum absolute atomic E-state index is 0.00648. The molecule has 2 saturated heterocycles. The summed E-state index contributed by atoms with van der Waals surface area (Å²) in [5, 5.41) is 6.41. The lowest BCUT2D eigenvalue weighted by molar-refractivity contribution is -0.124. The van der Waals surface area contributed by atoms with Crippen LogP contribution >= 0.6 is 0 Å². The van der Waals surface area contributed by atoms with E-state index in [1.165, 1.54) is 32.1 Å². The van der Waals surface area contributed by atoms with Gasteiger partial charge in [0, 0.05) is 19.4 Å². The fourth-order valence-electron chi connectivity index (χ4n) is 8.80. The van der Waals surface area contributed by atoms with E-state index in [-0.39, 0.29) is 23.3 Å². The van der Waals surface area contributed by atoms with Crippen LogP contribution in [0.5, 0.6) is 0 Å². The summed E-state index contributed by atoms with van der Waals surface area (Å²) in [5.41, 5.74) is 0.326. The Balaban J connectivity index is 1.58. The second-order valence-electron chi connectivity index (χ2n) is 12.8. The maximum Gasteiger partial charge on any atom is 0.220 e. The van der Waals surface area contributed by atoms with Crippen molar-refractivity contribution in [1.29, 1.82) is 0 Å². The van der Waals surface area contributed by atoms with Crippen LogP contribution in [0.1, 0.15) is 92.9 Å². The lowest BCUT2D eigenvalue weighted by Gasteiger charge is -2.54. The molecule has 0 aromatic heterocycles. The molecule has 9 atom stereocenters. The van der Waals surface area contributed by atoms with Gasteiger partial charge in [-0.05, 0) is 90.8 Å². The van der Waals surface area contributed by atoms with Crippen molar-refractivity contribution in [3.05, 3.63) is 12.2 Å². The monoisotopic (exact) mass is 456 g/mol. The lowest BCUT2D eigenvalue weighted by Crippen LogP contribution is -2.53. The molecule has 2 N–H and O–H groups in total. The molecule has 4 aliphatic rings. The summed E-state index contributed by atoms with van der Waals surface area (Å²) in [6.45, 7) is 14.9. The Morgan fingerprint density at radius 2 is 1.70 bits per heavy atom. The smallest absolute Gasteiger partial charge is 0.220 e. The number of allylic oxidation sites excluding steroid dienone is 2. The van der Waals surface area contributed by atoms with Crippen molar-refractivity contribution in [2.45, 2.75) is 99.0 Å². The van der Waals surface area contributed by atoms with Gasteiger partial charge in [-0.2, -0.15) is 0 Å². The summed E-state index contributed by atoms with van der Waals surface area (Å²) >= 11 is 0. The Kier molecular flexibility index (Phi) is 7.05. The number of carbonyl (C=O) groups is 2. The Labute approximate surface area is 202 Å². The fourth-order valence-corrected chi connectivity index (χ4v) is 8.80. The van der Waals surface area contributed by atoms with Crippen molar-refractivity contribution in [3.8, 4) is 0 Å². The Bertz CT molecular complexity index is 776. The van der Waals surface area contributed by atoms with Crippen LogP contribution in [-0.2, 0) is 9.59 Å². The number of hydrogen-bond donors (Lipinski definition) is 2. The Morgan fingerprint density at radius 1 is 0.970 bits per heavy atom. The summed E-state index contributed by atoms with van der Waals surface area (Å²) in [4.78, 5) is 25.3. The topological polar surface area (TPSA) is 58.2 Å². The summed E-state index contributed by atoms with van der Waals surface area (Å²) in [6, 6.07) is 0.0665. The molecule has 2 aliphatic heterocycles. The van der Waals surface area contributed by atoms with Crippen molar-refractivity contribution < 1.29 is 9.59 Å². The molecular formula is C29H48N2O2. The predicted molar refractivity (Wildman–Crippen MR) is 134 cm³/mol. The van der Waals surface area contributed by atoms with Crippen LogP contribution in [0.4, 0.5) is 0 Å². The molecule has 4 nitrogen and oxygen atoms in total. The fraction of sp³-hybridized carbons (Fsp3) is 0.862. The number of carbonyl (C=O) groups excluding carboxylic acids is 2. The Morgan fingerprint density at radius 3 is 2.39 bits per heavy atom. The number of fused-ring (bicyclic) bond motifs is 5. The molecule has 0 bridgehead atoms. The molecule has 2 aliphatic carbocycles. The average Bonchev–Trinajstić information content (AvgIpc) is 2.99. The first-order chi connectivity index (χ1) is 15.6. The SMILES string of the molecule is CCC(/C=C/C(C)C1CCC2C3CC(=O)NC4CNC(=O)CCC4(C)C3CCC12C)C(C)C. The summed E-state index contributed by atoms with van der Waals surface area (Å²) in [5.74, 6) is 4.61. The maximum atomic E-state index is 13.1. The van der Waals surface area contributed by atoms with E-state index in [1.807, 2.05) is 0 Å². The van der Waals surface area contributed by atoms with E-state index in [1.54, 1.807) is 0 Å². The summed E-state index contributed by atoms with van der Waals surface area (Å²) in [7, 11) is 0. The maximum absolute atomic E-state index is 13.1. The minimum atomic E-state index is 0.00648. The third-order valence-corrected chi connectivity index (χ3v) is 10.9. The largest absolute Gasteiger partial charge is 0.354 e. The zero-order chi connectivity index (χ0) is 24.0. The van der Waals surface area contributed by atoms with Crippen LogP contribution in [0.2, 0.25) is 0 Å². The van der Waals surface area contributed by atoms with Crippen LogP contribution in [-0.4, -0.2) is 24.4 Å². The molecule has 0 aromatic rings.